The average molecular weight is 247 g/mol. The average Bonchev–Trinajstić information content (AvgIpc) is 2.85. The van der Waals surface area contributed by atoms with Gasteiger partial charge in [-0.2, -0.15) is 8.75 Å². The molecule has 0 atom stereocenters. The molecule has 1 aliphatic rings. The molecule has 1 N–H and O–H groups in total. The fourth-order valence-electron chi connectivity index (χ4n) is 2.55. The molecule has 90 valence electrons. The molecule has 0 aliphatic heterocycles. The summed E-state index contributed by atoms with van der Waals surface area (Å²) in [5.41, 5.74) is 3.18. The minimum absolute atomic E-state index is 0.855. The highest BCUT2D eigenvalue weighted by Crippen LogP contribution is 2.24. The minimum atomic E-state index is 0.855. The third kappa shape index (κ3) is 2.57. The van der Waals surface area contributed by atoms with E-state index in [2.05, 4.69) is 26.2 Å². The quantitative estimate of drug-likeness (QED) is 0.899. The molecule has 0 amide bonds. The Morgan fingerprint density at radius 1 is 1.12 bits per heavy atom. The van der Waals surface area contributed by atoms with Gasteiger partial charge in [0.15, 0.2) is 0 Å². The van der Waals surface area contributed by atoms with Gasteiger partial charge in [0.1, 0.15) is 11.0 Å². The maximum atomic E-state index is 4.26. The van der Waals surface area contributed by atoms with E-state index in [4.69, 9.17) is 0 Å². The van der Waals surface area contributed by atoms with Crippen LogP contribution in [0.5, 0.6) is 0 Å². The van der Waals surface area contributed by atoms with Crippen molar-refractivity contribution in [3.63, 3.8) is 0 Å². The minimum Gasteiger partial charge on any atom is -0.385 e. The number of aromatic nitrogens is 2. The van der Waals surface area contributed by atoms with Crippen molar-refractivity contribution < 1.29 is 0 Å². The van der Waals surface area contributed by atoms with Gasteiger partial charge in [-0.1, -0.05) is 19.3 Å². The van der Waals surface area contributed by atoms with Crippen LogP contribution in [-0.2, 0) is 0 Å². The summed E-state index contributed by atoms with van der Waals surface area (Å²) in [6, 6.07) is 6.25. The van der Waals surface area contributed by atoms with E-state index in [-0.39, 0.29) is 0 Å². The molecule has 2 aromatic rings. The molecule has 3 nitrogen and oxygen atoms in total. The monoisotopic (exact) mass is 247 g/mol. The first-order valence-corrected chi connectivity index (χ1v) is 7.11. The van der Waals surface area contributed by atoms with Gasteiger partial charge in [-0.05, 0) is 37.0 Å². The van der Waals surface area contributed by atoms with Crippen LogP contribution < -0.4 is 5.32 Å². The van der Waals surface area contributed by atoms with Crippen LogP contribution in [0, 0.1) is 5.92 Å². The van der Waals surface area contributed by atoms with Crippen LogP contribution in [0.25, 0.3) is 11.0 Å². The van der Waals surface area contributed by atoms with Gasteiger partial charge in [-0.25, -0.2) is 0 Å². The normalized spacial score (nSPS) is 17.4. The predicted octanol–water partition coefficient (Wildman–Crippen LogP) is 3.68. The molecular formula is C13H17N3S. The van der Waals surface area contributed by atoms with Crippen LogP contribution in [-0.4, -0.2) is 15.3 Å². The van der Waals surface area contributed by atoms with Crippen molar-refractivity contribution in [3.05, 3.63) is 18.2 Å². The summed E-state index contributed by atoms with van der Waals surface area (Å²) in [6.07, 6.45) is 7.00. The fourth-order valence-corrected chi connectivity index (χ4v) is 3.06. The van der Waals surface area contributed by atoms with Crippen LogP contribution in [0.2, 0.25) is 0 Å². The van der Waals surface area contributed by atoms with Crippen LogP contribution in [0.1, 0.15) is 32.1 Å². The van der Waals surface area contributed by atoms with Gasteiger partial charge in [0.05, 0.1) is 11.7 Å². The molecule has 0 radical (unpaired) electrons. The number of benzene rings is 1. The van der Waals surface area contributed by atoms with Crippen molar-refractivity contribution in [1.29, 1.82) is 0 Å². The zero-order valence-electron chi connectivity index (χ0n) is 9.85. The van der Waals surface area contributed by atoms with Gasteiger partial charge in [0, 0.05) is 12.2 Å². The maximum absolute atomic E-state index is 4.26. The number of hydrogen-bond donors (Lipinski definition) is 1. The second-order valence-electron chi connectivity index (χ2n) is 4.85. The molecule has 1 aromatic heterocycles. The zero-order valence-corrected chi connectivity index (χ0v) is 10.7. The van der Waals surface area contributed by atoms with E-state index in [1.54, 1.807) is 0 Å². The summed E-state index contributed by atoms with van der Waals surface area (Å²) >= 11 is 1.28. The van der Waals surface area contributed by atoms with Gasteiger partial charge < -0.3 is 5.32 Å². The fraction of sp³-hybridized carbons (Fsp3) is 0.538. The molecule has 0 bridgehead atoms. The van der Waals surface area contributed by atoms with E-state index in [0.29, 0.717) is 0 Å². The van der Waals surface area contributed by atoms with Gasteiger partial charge in [-0.15, -0.1) is 0 Å². The lowest BCUT2D eigenvalue weighted by Gasteiger charge is -2.22. The van der Waals surface area contributed by atoms with Crippen molar-refractivity contribution >= 4 is 28.4 Å². The Labute approximate surface area is 106 Å². The van der Waals surface area contributed by atoms with Crippen molar-refractivity contribution in [2.45, 2.75) is 32.1 Å². The lowest BCUT2D eigenvalue weighted by molar-refractivity contribution is 0.373. The first-order chi connectivity index (χ1) is 8.42. The highest BCUT2D eigenvalue weighted by atomic mass is 32.1. The molecule has 0 unspecified atom stereocenters. The Hall–Kier alpha value is -1.16. The van der Waals surface area contributed by atoms with Gasteiger partial charge in [-0.3, -0.25) is 0 Å². The van der Waals surface area contributed by atoms with Crippen molar-refractivity contribution in [1.82, 2.24) is 8.75 Å². The van der Waals surface area contributed by atoms with E-state index in [1.807, 2.05) is 6.07 Å². The number of nitrogens with one attached hydrogen (secondary N) is 1. The first-order valence-electron chi connectivity index (χ1n) is 6.38. The third-order valence-corrected chi connectivity index (χ3v) is 4.13. The highest BCUT2D eigenvalue weighted by Gasteiger charge is 2.12. The number of fused-ring (bicyclic) bond motifs is 1. The highest BCUT2D eigenvalue weighted by molar-refractivity contribution is 7.00. The van der Waals surface area contributed by atoms with E-state index in [0.717, 1.165) is 23.5 Å². The van der Waals surface area contributed by atoms with Crippen LogP contribution >= 0.6 is 11.7 Å². The summed E-state index contributed by atoms with van der Waals surface area (Å²) in [5, 5.41) is 3.53. The third-order valence-electron chi connectivity index (χ3n) is 3.57. The lowest BCUT2D eigenvalue weighted by Crippen LogP contribution is -2.16. The van der Waals surface area contributed by atoms with E-state index < -0.39 is 0 Å². The first kappa shape index (κ1) is 11.0. The van der Waals surface area contributed by atoms with Crippen molar-refractivity contribution in [2.75, 3.05) is 11.9 Å². The van der Waals surface area contributed by atoms with E-state index in [1.165, 1.54) is 49.5 Å². The summed E-state index contributed by atoms with van der Waals surface area (Å²) in [5.74, 6) is 0.855. The second kappa shape index (κ2) is 5.00. The summed E-state index contributed by atoms with van der Waals surface area (Å²) in [6.45, 7) is 1.10. The second-order valence-corrected chi connectivity index (χ2v) is 5.38. The van der Waals surface area contributed by atoms with E-state index >= 15 is 0 Å². The molecule has 1 saturated carbocycles. The molecule has 1 aromatic carbocycles. The summed E-state index contributed by atoms with van der Waals surface area (Å²) < 4.78 is 8.48. The van der Waals surface area contributed by atoms with Gasteiger partial charge in [0.25, 0.3) is 0 Å². The van der Waals surface area contributed by atoms with Gasteiger partial charge >= 0.3 is 0 Å². The largest absolute Gasteiger partial charge is 0.385 e. The maximum Gasteiger partial charge on any atom is 0.106 e. The van der Waals surface area contributed by atoms with Gasteiger partial charge in [0.2, 0.25) is 0 Å². The Morgan fingerprint density at radius 2 is 1.94 bits per heavy atom. The lowest BCUT2D eigenvalue weighted by atomic mass is 9.89. The van der Waals surface area contributed by atoms with Crippen molar-refractivity contribution in [3.8, 4) is 0 Å². The number of anilines is 1. The zero-order chi connectivity index (χ0) is 11.5. The molecule has 0 saturated heterocycles. The van der Waals surface area contributed by atoms with E-state index in [9.17, 15) is 0 Å². The van der Waals surface area contributed by atoms with Crippen molar-refractivity contribution in [2.24, 2.45) is 5.92 Å². The number of hydrogen-bond acceptors (Lipinski definition) is 4. The molecule has 1 heterocycles. The number of nitrogens with zero attached hydrogens (tertiary/aromatic N) is 2. The Morgan fingerprint density at radius 3 is 2.82 bits per heavy atom. The summed E-state index contributed by atoms with van der Waals surface area (Å²) in [4.78, 5) is 0. The summed E-state index contributed by atoms with van der Waals surface area (Å²) in [7, 11) is 0. The molecule has 1 aliphatic carbocycles. The molecular weight excluding hydrogens is 230 g/mol. The standard InChI is InChI=1S/C13H17N3S/c1-2-4-10(5-3-1)9-14-11-6-7-12-13(8-11)16-17-15-12/h6-8,10,14H,1-5,9H2. The smallest absolute Gasteiger partial charge is 0.106 e. The topological polar surface area (TPSA) is 37.8 Å². The predicted molar refractivity (Wildman–Crippen MR) is 72.5 cm³/mol. The molecule has 17 heavy (non-hydrogen) atoms. The Bertz CT molecular complexity index is 488. The molecule has 4 heteroatoms. The Balaban J connectivity index is 1.63. The van der Waals surface area contributed by atoms with Crippen LogP contribution in [0.15, 0.2) is 18.2 Å². The van der Waals surface area contributed by atoms with Crippen LogP contribution in [0.4, 0.5) is 5.69 Å². The Kier molecular flexibility index (Phi) is 3.22. The molecule has 1 fully saturated rings. The van der Waals surface area contributed by atoms with Crippen LogP contribution in [0.3, 0.4) is 0 Å². The molecule has 3 rings (SSSR count). The SMILES string of the molecule is c1cc2nsnc2cc1NCC1CCCCC1. The molecule has 0 spiro atoms. The number of rotatable bonds is 3.